The Morgan fingerprint density at radius 2 is 1.67 bits per heavy atom. The van der Waals surface area contributed by atoms with Gasteiger partial charge in [-0.1, -0.05) is 11.2 Å². The van der Waals surface area contributed by atoms with E-state index in [0.717, 1.165) is 0 Å². The normalized spacial score (nSPS) is 6.67. The molecule has 0 aliphatic rings. The van der Waals surface area contributed by atoms with Crippen molar-refractivity contribution in [3.05, 3.63) is 0 Å². The summed E-state index contributed by atoms with van der Waals surface area (Å²) in [6.45, 7) is 0. The van der Waals surface area contributed by atoms with Crippen LogP contribution in [-0.4, -0.2) is 0 Å². The molecule has 0 atom stereocenters. The van der Waals surface area contributed by atoms with Crippen molar-refractivity contribution in [1.29, 1.82) is 0 Å². The molecule has 0 aliphatic carbocycles. The van der Waals surface area contributed by atoms with Crippen LogP contribution in [-0.2, 0) is 0 Å². The third kappa shape index (κ3) is 2.10. The summed E-state index contributed by atoms with van der Waals surface area (Å²) in [7, 11) is -1.05. The Morgan fingerprint density at radius 3 is 1.67 bits per heavy atom. The number of halogens is 1. The lowest BCUT2D eigenvalue weighted by atomic mass is 11.4. The van der Waals surface area contributed by atoms with Crippen molar-refractivity contribution in [3.63, 3.8) is 0 Å². The van der Waals surface area contributed by atoms with Gasteiger partial charge < -0.3 is 0 Å². The van der Waals surface area contributed by atoms with Crippen molar-refractivity contribution in [1.82, 2.24) is 0 Å². The highest BCUT2D eigenvalue weighted by Gasteiger charge is 1.84. The van der Waals surface area contributed by atoms with Gasteiger partial charge in [0.15, 0.2) is 0 Å². The summed E-state index contributed by atoms with van der Waals surface area (Å²) < 4.78 is 0. The van der Waals surface area contributed by atoms with Gasteiger partial charge in [-0.25, -0.2) is 0 Å². The first-order chi connectivity index (χ1) is 2.81. The monoisotopic (exact) mass is 116 g/mol. The Bertz CT molecular complexity index is 91.7. The Hall–Kier alpha value is -0.160. The zero-order valence-corrected chi connectivity index (χ0v) is 4.63. The smallest absolute Gasteiger partial charge is 0.113 e. The van der Waals surface area contributed by atoms with Crippen LogP contribution in [0.25, 0.3) is 0 Å². The lowest BCUT2D eigenvalue weighted by Gasteiger charge is -1.76. The molecule has 6 heavy (non-hydrogen) atoms. The molecule has 0 saturated heterocycles. The largest absolute Gasteiger partial charge is 0.144 e. The fourth-order valence-electron chi connectivity index (χ4n) is 0.0373. The van der Waals surface area contributed by atoms with E-state index < -0.39 is 7.27 Å². The van der Waals surface area contributed by atoms with E-state index in [1.807, 2.05) is 0 Å². The maximum Gasteiger partial charge on any atom is 0.144 e. The summed E-state index contributed by atoms with van der Waals surface area (Å²) in [5.74, 6) is 0. The van der Waals surface area contributed by atoms with Crippen LogP contribution >= 0.6 is 18.5 Å². The van der Waals surface area contributed by atoms with Gasteiger partial charge >= 0.3 is 0 Å². The number of hydrogen-bond donors (Lipinski definition) is 0. The predicted molar refractivity (Wildman–Crippen MR) is 30.4 cm³/mol. The van der Waals surface area contributed by atoms with Gasteiger partial charge in [0.1, 0.15) is 7.27 Å². The van der Waals surface area contributed by atoms with Crippen LogP contribution in [0.5, 0.6) is 0 Å². The van der Waals surface area contributed by atoms with Crippen molar-refractivity contribution in [3.8, 4) is 24.2 Å². The van der Waals surface area contributed by atoms with Crippen LogP contribution in [0.15, 0.2) is 0 Å². The lowest BCUT2D eigenvalue weighted by molar-refractivity contribution is 2.97. The zero-order chi connectivity index (χ0) is 4.99. The Morgan fingerprint density at radius 1 is 1.33 bits per heavy atom. The molecule has 0 bridgehead atoms. The quantitative estimate of drug-likeness (QED) is 0.334. The minimum atomic E-state index is -1.05. The molecular formula is C4H2ClP. The SMILES string of the molecule is C#CP(Cl)C#C. The summed E-state index contributed by atoms with van der Waals surface area (Å²) in [4.78, 5) is 0. The maximum absolute atomic E-state index is 5.24. The van der Waals surface area contributed by atoms with Crippen LogP contribution < -0.4 is 0 Å². The van der Waals surface area contributed by atoms with E-state index in [0.29, 0.717) is 0 Å². The van der Waals surface area contributed by atoms with E-state index in [-0.39, 0.29) is 0 Å². The van der Waals surface area contributed by atoms with Crippen molar-refractivity contribution < 1.29 is 0 Å². The molecule has 0 spiro atoms. The summed E-state index contributed by atoms with van der Waals surface area (Å²) in [6, 6.07) is 0. The van der Waals surface area contributed by atoms with Crippen molar-refractivity contribution in [2.45, 2.75) is 0 Å². The molecule has 0 N–H and O–H groups in total. The Kier molecular flexibility index (Phi) is 2.97. The van der Waals surface area contributed by atoms with Gasteiger partial charge in [0, 0.05) is 0 Å². The molecule has 0 saturated carbocycles. The standard InChI is InChI=1S/C4H2ClP/c1-3-6(5)4-2/h1-2H. The lowest BCUT2D eigenvalue weighted by Crippen LogP contribution is -1.38. The molecule has 0 aliphatic heterocycles. The minimum absolute atomic E-state index is 1.05. The summed E-state index contributed by atoms with van der Waals surface area (Å²) in [5, 5.41) is 0. The van der Waals surface area contributed by atoms with Gasteiger partial charge in [0.2, 0.25) is 0 Å². The van der Waals surface area contributed by atoms with Gasteiger partial charge in [0.05, 0.1) is 0 Å². The maximum atomic E-state index is 5.24. The van der Waals surface area contributed by atoms with Crippen LogP contribution in [0, 0.1) is 24.2 Å². The van der Waals surface area contributed by atoms with E-state index in [2.05, 4.69) is 11.3 Å². The van der Waals surface area contributed by atoms with E-state index in [1.54, 1.807) is 0 Å². The van der Waals surface area contributed by atoms with Crippen molar-refractivity contribution >= 4 is 18.5 Å². The second kappa shape index (κ2) is 3.05. The molecule has 0 aromatic heterocycles. The average Bonchev–Trinajstić information content (AvgIpc) is 1.65. The van der Waals surface area contributed by atoms with Crippen molar-refractivity contribution in [2.75, 3.05) is 0 Å². The van der Waals surface area contributed by atoms with Gasteiger partial charge in [-0.2, -0.15) is 0 Å². The Labute approximate surface area is 43.4 Å². The second-order valence-electron chi connectivity index (χ2n) is 0.539. The molecular weight excluding hydrogens is 114 g/mol. The fraction of sp³-hybridized carbons (Fsp3) is 0. The number of terminal acetylenes is 2. The molecule has 0 fully saturated rings. The molecule has 2 heteroatoms. The molecule has 0 aromatic rings. The van der Waals surface area contributed by atoms with E-state index in [4.69, 9.17) is 24.1 Å². The predicted octanol–water partition coefficient (Wildman–Crippen LogP) is 1.80. The first-order valence-electron chi connectivity index (χ1n) is 1.19. The molecule has 0 rings (SSSR count). The van der Waals surface area contributed by atoms with Gasteiger partial charge in [0.25, 0.3) is 0 Å². The van der Waals surface area contributed by atoms with E-state index in [9.17, 15) is 0 Å². The molecule has 30 valence electrons. The molecule has 0 amide bonds. The third-order valence-electron chi connectivity index (χ3n) is 0.227. The van der Waals surface area contributed by atoms with E-state index >= 15 is 0 Å². The minimum Gasteiger partial charge on any atom is -0.113 e. The molecule has 0 radical (unpaired) electrons. The first-order valence-corrected chi connectivity index (χ1v) is 3.44. The number of hydrogen-bond acceptors (Lipinski definition) is 0. The molecule has 0 heterocycles. The highest BCUT2D eigenvalue weighted by Crippen LogP contribution is 2.36. The average molecular weight is 116 g/mol. The molecule has 0 aromatic carbocycles. The zero-order valence-electron chi connectivity index (χ0n) is 2.98. The van der Waals surface area contributed by atoms with Gasteiger partial charge in [-0.15, -0.1) is 12.8 Å². The van der Waals surface area contributed by atoms with Crippen LogP contribution in [0.3, 0.4) is 0 Å². The summed E-state index contributed by atoms with van der Waals surface area (Å²) in [5.41, 5.74) is 4.42. The number of rotatable bonds is 0. The summed E-state index contributed by atoms with van der Waals surface area (Å²) in [6.07, 6.45) is 9.57. The van der Waals surface area contributed by atoms with E-state index in [1.165, 1.54) is 0 Å². The van der Waals surface area contributed by atoms with Gasteiger partial charge in [-0.3, -0.25) is 0 Å². The van der Waals surface area contributed by atoms with Crippen LogP contribution in [0.4, 0.5) is 0 Å². The third-order valence-corrected chi connectivity index (χ3v) is 1.27. The first kappa shape index (κ1) is 5.84. The second-order valence-corrected chi connectivity index (χ2v) is 2.63. The topological polar surface area (TPSA) is 0 Å². The van der Waals surface area contributed by atoms with Crippen molar-refractivity contribution in [2.24, 2.45) is 0 Å². The highest BCUT2D eigenvalue weighted by atomic mass is 35.7. The molecule has 0 nitrogen and oxygen atoms in total. The van der Waals surface area contributed by atoms with Gasteiger partial charge in [-0.05, 0) is 11.3 Å². The summed E-state index contributed by atoms with van der Waals surface area (Å²) >= 11 is 5.24. The Balaban J connectivity index is 3.40. The highest BCUT2D eigenvalue weighted by molar-refractivity contribution is 7.91. The molecule has 0 unspecified atom stereocenters. The van der Waals surface area contributed by atoms with Crippen LogP contribution in [0.1, 0.15) is 0 Å². The fourth-order valence-corrected chi connectivity index (χ4v) is 0.112. The van der Waals surface area contributed by atoms with Crippen LogP contribution in [0.2, 0.25) is 0 Å².